The van der Waals surface area contributed by atoms with Crippen LogP contribution < -0.4 is 9.47 Å². The Labute approximate surface area is 147 Å². The van der Waals surface area contributed by atoms with Crippen LogP contribution in [0.4, 0.5) is 4.39 Å². The van der Waals surface area contributed by atoms with Crippen LogP contribution in [0.25, 0.3) is 0 Å². The number of likely N-dealkylation sites (tertiary alicyclic amines) is 1. The normalized spacial score (nSPS) is 16.7. The Balaban J connectivity index is 1.57. The molecule has 132 valence electrons. The number of carbonyl (C=O) groups excluding carboxylic acids is 1. The molecule has 2 aromatic rings. The zero-order valence-corrected chi connectivity index (χ0v) is 14.3. The molecular formula is C20H22FNO3. The third-order valence-electron chi connectivity index (χ3n) is 4.45. The average molecular weight is 343 g/mol. The van der Waals surface area contributed by atoms with Crippen molar-refractivity contribution >= 4 is 5.91 Å². The molecule has 1 amide bonds. The van der Waals surface area contributed by atoms with Crippen molar-refractivity contribution in [1.82, 2.24) is 4.90 Å². The molecule has 25 heavy (non-hydrogen) atoms. The molecule has 4 nitrogen and oxygen atoms in total. The highest BCUT2D eigenvalue weighted by atomic mass is 19.1. The van der Waals surface area contributed by atoms with Crippen molar-refractivity contribution in [3.8, 4) is 11.5 Å². The fourth-order valence-corrected chi connectivity index (χ4v) is 3.19. The predicted octanol–water partition coefficient (Wildman–Crippen LogP) is 3.97. The van der Waals surface area contributed by atoms with Gasteiger partial charge in [-0.25, -0.2) is 4.39 Å². The zero-order valence-electron chi connectivity index (χ0n) is 14.3. The molecule has 0 spiro atoms. The van der Waals surface area contributed by atoms with E-state index in [0.29, 0.717) is 12.2 Å². The van der Waals surface area contributed by atoms with Crippen LogP contribution in [0.2, 0.25) is 0 Å². The van der Waals surface area contributed by atoms with Crippen molar-refractivity contribution in [2.45, 2.75) is 25.3 Å². The number of nitrogens with zero attached hydrogens (tertiary/aromatic N) is 1. The Morgan fingerprint density at radius 1 is 1.20 bits per heavy atom. The number of amides is 1. The van der Waals surface area contributed by atoms with Gasteiger partial charge in [-0.05, 0) is 54.8 Å². The highest BCUT2D eigenvalue weighted by Gasteiger charge is 2.29. The van der Waals surface area contributed by atoms with Crippen LogP contribution >= 0.6 is 0 Å². The fraction of sp³-hybridized carbons (Fsp3) is 0.350. The number of halogens is 1. The van der Waals surface area contributed by atoms with Crippen molar-refractivity contribution < 1.29 is 18.7 Å². The van der Waals surface area contributed by atoms with E-state index in [1.807, 2.05) is 29.2 Å². The minimum absolute atomic E-state index is 0.0763. The lowest BCUT2D eigenvalue weighted by Gasteiger charge is -2.25. The first kappa shape index (κ1) is 17.3. The molecule has 0 N–H and O–H groups in total. The molecule has 5 heteroatoms. The van der Waals surface area contributed by atoms with Crippen molar-refractivity contribution in [2.75, 3.05) is 20.3 Å². The van der Waals surface area contributed by atoms with E-state index in [4.69, 9.17) is 9.47 Å². The minimum atomic E-state index is -0.304. The topological polar surface area (TPSA) is 38.8 Å². The lowest BCUT2D eigenvalue weighted by atomic mass is 10.0. The van der Waals surface area contributed by atoms with Gasteiger partial charge >= 0.3 is 0 Å². The zero-order chi connectivity index (χ0) is 17.6. The monoisotopic (exact) mass is 343 g/mol. The number of hydrogen-bond acceptors (Lipinski definition) is 3. The van der Waals surface area contributed by atoms with Gasteiger partial charge in [0.05, 0.1) is 26.2 Å². The Hall–Kier alpha value is -2.56. The molecule has 0 saturated carbocycles. The molecule has 1 heterocycles. The molecule has 1 saturated heterocycles. The van der Waals surface area contributed by atoms with E-state index in [1.165, 1.54) is 12.1 Å². The molecule has 0 bridgehead atoms. The van der Waals surface area contributed by atoms with Crippen molar-refractivity contribution in [3.05, 3.63) is 59.9 Å². The minimum Gasteiger partial charge on any atom is -0.497 e. The van der Waals surface area contributed by atoms with Crippen molar-refractivity contribution in [2.24, 2.45) is 0 Å². The Kier molecular flexibility index (Phi) is 5.53. The summed E-state index contributed by atoms with van der Waals surface area (Å²) in [7, 11) is 1.64. The van der Waals surface area contributed by atoms with E-state index >= 15 is 0 Å². The van der Waals surface area contributed by atoms with Crippen LogP contribution in [0, 0.1) is 5.82 Å². The van der Waals surface area contributed by atoms with Crippen LogP contribution in [-0.2, 0) is 4.79 Å². The quantitative estimate of drug-likeness (QED) is 0.797. The summed E-state index contributed by atoms with van der Waals surface area (Å²) < 4.78 is 23.7. The van der Waals surface area contributed by atoms with E-state index in [1.54, 1.807) is 19.2 Å². The second kappa shape index (κ2) is 8.01. The summed E-state index contributed by atoms with van der Waals surface area (Å²) in [5.41, 5.74) is 1.10. The lowest BCUT2D eigenvalue weighted by molar-refractivity contribution is -0.132. The second-order valence-corrected chi connectivity index (χ2v) is 6.07. The average Bonchev–Trinajstić information content (AvgIpc) is 3.13. The number of benzene rings is 2. The molecule has 0 aliphatic carbocycles. The highest BCUT2D eigenvalue weighted by Crippen LogP contribution is 2.33. The van der Waals surface area contributed by atoms with Crippen LogP contribution in [0.3, 0.4) is 0 Å². The van der Waals surface area contributed by atoms with E-state index < -0.39 is 0 Å². The number of ether oxygens (including phenoxy) is 2. The molecular weight excluding hydrogens is 321 g/mol. The van der Waals surface area contributed by atoms with Gasteiger partial charge in [0.15, 0.2) is 0 Å². The largest absolute Gasteiger partial charge is 0.497 e. The molecule has 1 atom stereocenters. The first-order chi connectivity index (χ1) is 12.2. The van der Waals surface area contributed by atoms with Gasteiger partial charge in [0, 0.05) is 6.54 Å². The van der Waals surface area contributed by atoms with Crippen molar-refractivity contribution in [3.63, 3.8) is 0 Å². The number of methoxy groups -OCH3 is 1. The lowest BCUT2D eigenvalue weighted by Crippen LogP contribution is -2.31. The molecule has 0 aromatic heterocycles. The molecule has 3 rings (SSSR count). The summed E-state index contributed by atoms with van der Waals surface area (Å²) in [4.78, 5) is 14.5. The molecule has 0 radical (unpaired) electrons. The van der Waals surface area contributed by atoms with Gasteiger partial charge in [0.25, 0.3) is 0 Å². The maximum Gasteiger partial charge on any atom is 0.226 e. The molecule has 1 unspecified atom stereocenters. The summed E-state index contributed by atoms with van der Waals surface area (Å²) >= 11 is 0. The van der Waals surface area contributed by atoms with Crippen LogP contribution in [-0.4, -0.2) is 31.1 Å². The molecule has 1 fully saturated rings. The van der Waals surface area contributed by atoms with Crippen LogP contribution in [0.15, 0.2) is 48.5 Å². The van der Waals surface area contributed by atoms with Crippen LogP contribution in [0.1, 0.15) is 30.9 Å². The van der Waals surface area contributed by atoms with Gasteiger partial charge in [0.1, 0.15) is 17.3 Å². The predicted molar refractivity (Wildman–Crippen MR) is 93.2 cm³/mol. The van der Waals surface area contributed by atoms with Gasteiger partial charge in [-0.2, -0.15) is 0 Å². The maximum absolute atomic E-state index is 12.9. The van der Waals surface area contributed by atoms with Gasteiger partial charge in [-0.3, -0.25) is 4.79 Å². The summed E-state index contributed by atoms with van der Waals surface area (Å²) in [6, 6.07) is 13.8. The summed E-state index contributed by atoms with van der Waals surface area (Å²) in [6.45, 7) is 1.04. The van der Waals surface area contributed by atoms with Gasteiger partial charge in [-0.15, -0.1) is 0 Å². The maximum atomic E-state index is 12.9. The Morgan fingerprint density at radius 2 is 2.00 bits per heavy atom. The van der Waals surface area contributed by atoms with Gasteiger partial charge in [-0.1, -0.05) is 12.1 Å². The number of carbonyl (C=O) groups is 1. The standard InChI is InChI=1S/C20H22FNO3/c1-24-18-5-2-4-15(14-18)19-6-3-12-22(19)20(23)11-13-25-17-9-7-16(21)8-10-17/h2,4-5,7-10,14,19H,3,6,11-13H2,1H3. The first-order valence-electron chi connectivity index (χ1n) is 8.49. The molecule has 1 aliphatic rings. The third-order valence-corrected chi connectivity index (χ3v) is 4.45. The Morgan fingerprint density at radius 3 is 2.76 bits per heavy atom. The van der Waals surface area contributed by atoms with Crippen molar-refractivity contribution in [1.29, 1.82) is 0 Å². The van der Waals surface area contributed by atoms with E-state index in [-0.39, 0.29) is 24.4 Å². The SMILES string of the molecule is COc1cccc(C2CCCN2C(=O)CCOc2ccc(F)cc2)c1. The summed E-state index contributed by atoms with van der Waals surface area (Å²) in [6.07, 6.45) is 2.25. The molecule has 2 aromatic carbocycles. The summed E-state index contributed by atoms with van der Waals surface area (Å²) in [5.74, 6) is 1.14. The molecule has 1 aliphatic heterocycles. The van der Waals surface area contributed by atoms with Crippen LogP contribution in [0.5, 0.6) is 11.5 Å². The Bertz CT molecular complexity index is 717. The van der Waals surface area contributed by atoms with Gasteiger partial charge < -0.3 is 14.4 Å². The fourth-order valence-electron chi connectivity index (χ4n) is 3.19. The highest BCUT2D eigenvalue weighted by molar-refractivity contribution is 5.77. The number of hydrogen-bond donors (Lipinski definition) is 0. The van der Waals surface area contributed by atoms with E-state index in [2.05, 4.69) is 0 Å². The first-order valence-corrected chi connectivity index (χ1v) is 8.49. The summed E-state index contributed by atoms with van der Waals surface area (Å²) in [5, 5.41) is 0. The van der Waals surface area contributed by atoms with E-state index in [0.717, 1.165) is 30.7 Å². The van der Waals surface area contributed by atoms with E-state index in [9.17, 15) is 9.18 Å². The van der Waals surface area contributed by atoms with Gasteiger partial charge in [0.2, 0.25) is 5.91 Å². The smallest absolute Gasteiger partial charge is 0.226 e. The second-order valence-electron chi connectivity index (χ2n) is 6.07. The number of rotatable bonds is 6. The third kappa shape index (κ3) is 4.29.